The third kappa shape index (κ3) is 7.71. The normalized spacial score (nSPS) is 23.6. The number of nitrogens with two attached hydrogens (primary N) is 1. The third-order valence-electron chi connectivity index (χ3n) is 4.74. The van der Waals surface area contributed by atoms with Crippen LogP contribution in [0.3, 0.4) is 0 Å². The monoisotopic (exact) mass is 509 g/mol. The number of rotatable bonds is 12. The number of esters is 1. The molecule has 2 heterocycles. The lowest BCUT2D eigenvalue weighted by Crippen LogP contribution is -2.45. The molecule has 2 rings (SSSR count). The first kappa shape index (κ1) is 27.6. The smallest absolute Gasteiger partial charge is 0.433 e. The van der Waals surface area contributed by atoms with Crippen molar-refractivity contribution in [3.05, 3.63) is 28.0 Å². The third-order valence-corrected chi connectivity index (χ3v) is 5.64. The summed E-state index contributed by atoms with van der Waals surface area (Å²) in [6.45, 7) is 2.59. The summed E-state index contributed by atoms with van der Waals surface area (Å²) >= 11 is 0. The average molecular weight is 509 g/mol. The van der Waals surface area contributed by atoms with Gasteiger partial charge in [-0.1, -0.05) is 13.8 Å². The minimum Gasteiger partial charge on any atom is -0.460 e. The quantitative estimate of drug-likeness (QED) is 0.150. The van der Waals surface area contributed by atoms with E-state index < -0.39 is 75.8 Å². The molecule has 0 aliphatic carbocycles. The molecule has 192 valence electrons. The molecule has 1 aliphatic rings. The van der Waals surface area contributed by atoms with E-state index in [2.05, 4.69) is 4.18 Å². The highest BCUT2D eigenvalue weighted by Crippen LogP contribution is 2.25. The molecular weight excluding hydrogens is 482 g/mol. The van der Waals surface area contributed by atoms with E-state index in [0.717, 1.165) is 12.1 Å². The van der Waals surface area contributed by atoms with Gasteiger partial charge < -0.3 is 29.8 Å². The molecule has 15 nitrogen and oxygen atoms in total. The number of nitro groups is 1. The van der Waals surface area contributed by atoms with Crippen LogP contribution in [-0.4, -0.2) is 79.1 Å². The Morgan fingerprint density at radius 3 is 2.50 bits per heavy atom. The summed E-state index contributed by atoms with van der Waals surface area (Å²) in [7, 11) is -4.55. The number of amides is 1. The summed E-state index contributed by atoms with van der Waals surface area (Å²) < 4.78 is 45.2. The van der Waals surface area contributed by atoms with E-state index in [4.69, 9.17) is 19.6 Å². The Balaban J connectivity index is 1.80. The maximum atomic E-state index is 12.0. The first-order valence-corrected chi connectivity index (χ1v) is 11.6. The van der Waals surface area contributed by atoms with Gasteiger partial charge in [-0.3, -0.25) is 19.1 Å². The summed E-state index contributed by atoms with van der Waals surface area (Å²) in [6, 6.07) is 0.983. The van der Waals surface area contributed by atoms with Gasteiger partial charge in [0.2, 0.25) is 5.76 Å². The number of carbonyl (C=O) groups excluding carboxylic acids is 2. The highest BCUT2D eigenvalue weighted by atomic mass is 32.2. The number of nitrogens with zero attached hydrogens (tertiary/aromatic N) is 1. The van der Waals surface area contributed by atoms with Crippen LogP contribution in [-0.2, 0) is 28.8 Å². The zero-order chi connectivity index (χ0) is 25.6. The molecule has 1 aromatic heterocycles. The standard InChI is InChI=1S/C18H27N3O12S/c1-9(2)7-10(19)17(24)20-34(28,29)31-8-13-16(23)15(22)11(32-13)5-6-30-18(25)12-3-4-14(33-12)21(26)27/h3-4,9-11,13,15-16,22-23H,5-8,19H2,1-2H3,(H,20,24). The molecule has 34 heavy (non-hydrogen) atoms. The Labute approximate surface area is 194 Å². The number of nitrogens with one attached hydrogen (secondary N) is 1. The van der Waals surface area contributed by atoms with Crippen molar-refractivity contribution in [3.63, 3.8) is 0 Å². The summed E-state index contributed by atoms with van der Waals surface area (Å²) in [5.74, 6) is -2.92. The van der Waals surface area contributed by atoms with Crippen molar-refractivity contribution in [1.82, 2.24) is 4.72 Å². The van der Waals surface area contributed by atoms with Crippen LogP contribution in [0.2, 0.25) is 0 Å². The van der Waals surface area contributed by atoms with E-state index in [1.165, 1.54) is 0 Å². The van der Waals surface area contributed by atoms with Gasteiger partial charge in [-0.25, -0.2) is 9.52 Å². The Kier molecular flexibility index (Phi) is 9.48. The predicted molar refractivity (Wildman–Crippen MR) is 111 cm³/mol. The van der Waals surface area contributed by atoms with Gasteiger partial charge in [0.15, 0.2) is 0 Å². The van der Waals surface area contributed by atoms with E-state index in [9.17, 15) is 38.3 Å². The van der Waals surface area contributed by atoms with Crippen molar-refractivity contribution >= 4 is 28.1 Å². The van der Waals surface area contributed by atoms with E-state index in [-0.39, 0.29) is 25.4 Å². The zero-order valence-electron chi connectivity index (χ0n) is 18.4. The van der Waals surface area contributed by atoms with Gasteiger partial charge in [-0.15, -0.1) is 0 Å². The predicted octanol–water partition coefficient (Wildman–Crippen LogP) is -1.03. The second-order valence-corrected chi connectivity index (χ2v) is 9.30. The van der Waals surface area contributed by atoms with Crippen LogP contribution in [0.5, 0.6) is 0 Å². The van der Waals surface area contributed by atoms with Crippen molar-refractivity contribution < 1.29 is 51.2 Å². The van der Waals surface area contributed by atoms with E-state index in [1.807, 2.05) is 13.8 Å². The molecule has 0 saturated carbocycles. The minimum absolute atomic E-state index is 0.0571. The minimum atomic E-state index is -4.55. The summed E-state index contributed by atoms with van der Waals surface area (Å²) in [6.07, 6.45) is -5.13. The fourth-order valence-electron chi connectivity index (χ4n) is 3.08. The van der Waals surface area contributed by atoms with Crippen molar-refractivity contribution in [1.29, 1.82) is 0 Å². The Morgan fingerprint density at radius 1 is 1.26 bits per heavy atom. The molecule has 1 fully saturated rings. The van der Waals surface area contributed by atoms with Gasteiger partial charge in [0.25, 0.3) is 5.91 Å². The van der Waals surface area contributed by atoms with Gasteiger partial charge in [0.05, 0.1) is 31.4 Å². The van der Waals surface area contributed by atoms with Gasteiger partial charge >= 0.3 is 22.2 Å². The first-order valence-electron chi connectivity index (χ1n) is 10.2. The maximum absolute atomic E-state index is 12.0. The summed E-state index contributed by atoms with van der Waals surface area (Å²) in [5, 5.41) is 30.8. The van der Waals surface area contributed by atoms with Crippen LogP contribution in [0.1, 0.15) is 37.2 Å². The summed E-state index contributed by atoms with van der Waals surface area (Å²) in [4.78, 5) is 33.5. The Hall–Kier alpha value is -2.63. The van der Waals surface area contributed by atoms with Crippen LogP contribution in [0.25, 0.3) is 0 Å². The number of ether oxygens (including phenoxy) is 2. The molecule has 1 aromatic rings. The van der Waals surface area contributed by atoms with Gasteiger partial charge in [0.1, 0.15) is 23.2 Å². The SMILES string of the molecule is CC(C)CC(N)C(=O)NS(=O)(=O)OCC1OC(CCOC(=O)c2ccc([N+](=O)[O-])o2)C(O)C1O. The number of carbonyl (C=O) groups is 2. The van der Waals surface area contributed by atoms with Crippen molar-refractivity contribution in [3.8, 4) is 0 Å². The molecule has 0 bridgehead atoms. The fourth-order valence-corrected chi connectivity index (χ4v) is 3.85. The fraction of sp³-hybridized carbons (Fsp3) is 0.667. The van der Waals surface area contributed by atoms with Crippen LogP contribution >= 0.6 is 0 Å². The largest absolute Gasteiger partial charge is 0.460 e. The van der Waals surface area contributed by atoms with Crippen molar-refractivity contribution in [2.45, 2.75) is 57.1 Å². The second kappa shape index (κ2) is 11.7. The molecule has 16 heteroatoms. The van der Waals surface area contributed by atoms with Crippen LogP contribution in [0.4, 0.5) is 5.88 Å². The number of hydrogen-bond donors (Lipinski definition) is 4. The lowest BCUT2D eigenvalue weighted by Gasteiger charge is -2.17. The molecule has 1 aliphatic heterocycles. The van der Waals surface area contributed by atoms with Crippen LogP contribution < -0.4 is 10.5 Å². The van der Waals surface area contributed by atoms with E-state index >= 15 is 0 Å². The maximum Gasteiger partial charge on any atom is 0.433 e. The van der Waals surface area contributed by atoms with Crippen LogP contribution in [0, 0.1) is 16.0 Å². The van der Waals surface area contributed by atoms with Crippen molar-refractivity contribution in [2.24, 2.45) is 11.7 Å². The topological polar surface area (TPSA) is 231 Å². The number of hydrogen-bond acceptors (Lipinski definition) is 13. The molecule has 5 unspecified atom stereocenters. The molecule has 5 N–H and O–H groups in total. The average Bonchev–Trinajstić information content (AvgIpc) is 3.33. The number of aliphatic hydroxyl groups is 2. The van der Waals surface area contributed by atoms with E-state index in [1.54, 1.807) is 4.72 Å². The molecule has 1 saturated heterocycles. The van der Waals surface area contributed by atoms with Crippen molar-refractivity contribution in [2.75, 3.05) is 13.2 Å². The highest BCUT2D eigenvalue weighted by Gasteiger charge is 2.43. The lowest BCUT2D eigenvalue weighted by atomic mass is 10.0. The molecule has 1 amide bonds. The van der Waals surface area contributed by atoms with Gasteiger partial charge in [0, 0.05) is 6.42 Å². The number of furan rings is 1. The highest BCUT2D eigenvalue weighted by molar-refractivity contribution is 7.85. The van der Waals surface area contributed by atoms with Gasteiger partial charge in [-0.05, 0) is 18.4 Å². The Morgan fingerprint density at radius 2 is 1.91 bits per heavy atom. The van der Waals surface area contributed by atoms with E-state index in [0.29, 0.717) is 0 Å². The molecule has 5 atom stereocenters. The summed E-state index contributed by atoms with van der Waals surface area (Å²) in [5.41, 5.74) is 5.62. The molecular formula is C18H27N3O12S. The van der Waals surface area contributed by atoms with Crippen LogP contribution in [0.15, 0.2) is 16.5 Å². The molecule has 0 spiro atoms. The lowest BCUT2D eigenvalue weighted by molar-refractivity contribution is -0.402. The molecule has 0 aromatic carbocycles. The molecule has 0 radical (unpaired) electrons. The first-order chi connectivity index (χ1) is 15.8. The van der Waals surface area contributed by atoms with Gasteiger partial charge in [-0.2, -0.15) is 8.42 Å². The number of aliphatic hydroxyl groups excluding tert-OH is 2. The zero-order valence-corrected chi connectivity index (χ0v) is 19.2. The second-order valence-electron chi connectivity index (χ2n) is 7.95. The Bertz CT molecular complexity index is 979.